The van der Waals surface area contributed by atoms with Gasteiger partial charge in [-0.25, -0.2) is 8.78 Å². The van der Waals surface area contributed by atoms with Crippen LogP contribution in [0.5, 0.6) is 5.75 Å². The number of nitrogens with two attached hydrogens (primary N) is 1. The quantitative estimate of drug-likeness (QED) is 0.752. The first-order valence-electron chi connectivity index (χ1n) is 5.05. The third kappa shape index (κ3) is 3.41. The zero-order chi connectivity index (χ0) is 13.7. The molecule has 0 saturated heterocycles. The summed E-state index contributed by atoms with van der Waals surface area (Å²) in [4.78, 5) is 21.2. The lowest BCUT2D eigenvalue weighted by molar-refractivity contribution is -0.137. The van der Waals surface area contributed by atoms with Crippen molar-refractivity contribution < 1.29 is 23.1 Å². The van der Waals surface area contributed by atoms with Gasteiger partial charge in [-0.15, -0.1) is 0 Å². The van der Waals surface area contributed by atoms with E-state index in [9.17, 15) is 18.4 Å². The van der Waals surface area contributed by atoms with Crippen LogP contribution in [-0.2, 0) is 16.0 Å². The Hall–Kier alpha value is -2.18. The van der Waals surface area contributed by atoms with Crippen molar-refractivity contribution in [3.05, 3.63) is 29.3 Å². The Bertz CT molecular complexity index is 478. The molecule has 0 unspecified atom stereocenters. The van der Waals surface area contributed by atoms with E-state index in [1.54, 1.807) is 0 Å². The Labute approximate surface area is 102 Å². The van der Waals surface area contributed by atoms with Gasteiger partial charge in [0.25, 0.3) is 0 Å². The summed E-state index contributed by atoms with van der Waals surface area (Å²) in [6.07, 6.45) is 0.0335. The highest BCUT2D eigenvalue weighted by molar-refractivity contribution is 6.34. The van der Waals surface area contributed by atoms with Gasteiger partial charge in [0.2, 0.25) is 0 Å². The van der Waals surface area contributed by atoms with Crippen molar-refractivity contribution >= 4 is 11.8 Å². The summed E-state index contributed by atoms with van der Waals surface area (Å²) in [5.74, 6) is -3.64. The number of carbonyl (C=O) groups is 2. The summed E-state index contributed by atoms with van der Waals surface area (Å²) in [6.45, 7) is -0.0234. The maximum atomic E-state index is 13.4. The molecule has 0 aliphatic rings. The first kappa shape index (κ1) is 13.9. The zero-order valence-corrected chi connectivity index (χ0v) is 9.63. The maximum Gasteiger partial charge on any atom is 0.309 e. The molecule has 2 amide bonds. The second-order valence-electron chi connectivity index (χ2n) is 3.45. The molecule has 1 aromatic carbocycles. The van der Waals surface area contributed by atoms with E-state index in [1.165, 1.54) is 7.11 Å². The molecule has 0 radical (unpaired) electrons. The van der Waals surface area contributed by atoms with Crippen molar-refractivity contribution in [2.75, 3.05) is 13.7 Å². The summed E-state index contributed by atoms with van der Waals surface area (Å²) >= 11 is 0. The number of nitrogens with one attached hydrogen (secondary N) is 1. The number of methoxy groups -OCH3 is 1. The molecule has 1 rings (SSSR count). The summed E-state index contributed by atoms with van der Waals surface area (Å²) in [5.41, 5.74) is 4.77. The Morgan fingerprint density at radius 3 is 2.56 bits per heavy atom. The van der Waals surface area contributed by atoms with Crippen molar-refractivity contribution in [1.82, 2.24) is 5.32 Å². The summed E-state index contributed by atoms with van der Waals surface area (Å²) in [6, 6.07) is 1.89. The molecular weight excluding hydrogens is 246 g/mol. The molecule has 0 atom stereocenters. The molecule has 98 valence electrons. The highest BCUT2D eigenvalue weighted by atomic mass is 19.1. The van der Waals surface area contributed by atoms with Crippen molar-refractivity contribution in [2.45, 2.75) is 6.42 Å². The molecule has 0 heterocycles. The number of benzene rings is 1. The summed E-state index contributed by atoms with van der Waals surface area (Å²) in [7, 11) is 1.23. The van der Waals surface area contributed by atoms with E-state index in [0.717, 1.165) is 12.1 Å². The van der Waals surface area contributed by atoms with E-state index in [1.807, 2.05) is 0 Å². The predicted molar refractivity (Wildman–Crippen MR) is 58.8 cm³/mol. The van der Waals surface area contributed by atoms with Gasteiger partial charge in [0, 0.05) is 12.6 Å². The third-order valence-electron chi connectivity index (χ3n) is 2.22. The fraction of sp³-hybridized carbons (Fsp3) is 0.273. The molecule has 5 nitrogen and oxygen atoms in total. The van der Waals surface area contributed by atoms with Crippen LogP contribution >= 0.6 is 0 Å². The monoisotopic (exact) mass is 258 g/mol. The van der Waals surface area contributed by atoms with Gasteiger partial charge in [-0.2, -0.15) is 0 Å². The van der Waals surface area contributed by atoms with E-state index in [2.05, 4.69) is 10.1 Å². The number of rotatable bonds is 4. The minimum Gasteiger partial charge on any atom is -0.494 e. The van der Waals surface area contributed by atoms with Gasteiger partial charge in [0.05, 0.1) is 7.11 Å². The van der Waals surface area contributed by atoms with E-state index < -0.39 is 23.4 Å². The number of primary amides is 1. The van der Waals surface area contributed by atoms with Gasteiger partial charge in [-0.1, -0.05) is 0 Å². The average Bonchev–Trinajstić information content (AvgIpc) is 2.32. The topological polar surface area (TPSA) is 81.4 Å². The highest BCUT2D eigenvalue weighted by Crippen LogP contribution is 2.21. The molecule has 0 aliphatic heterocycles. The second-order valence-corrected chi connectivity index (χ2v) is 3.45. The van der Waals surface area contributed by atoms with Crippen LogP contribution in [0.4, 0.5) is 8.78 Å². The normalized spacial score (nSPS) is 9.94. The lowest BCUT2D eigenvalue weighted by atomic mass is 10.1. The van der Waals surface area contributed by atoms with Crippen molar-refractivity contribution in [3.8, 4) is 5.75 Å². The standard InChI is InChI=1S/C11H12F2N2O3/c1-18-9-5-7(12)6(4-8(9)13)2-3-15-11(17)10(14)16/h4-5H,2-3H2,1H3,(H2,14,16)(H,15,17). The lowest BCUT2D eigenvalue weighted by Gasteiger charge is -2.07. The van der Waals surface area contributed by atoms with Gasteiger partial charge in [0.15, 0.2) is 11.6 Å². The minimum atomic E-state index is -1.13. The molecule has 0 saturated carbocycles. The number of ether oxygens (including phenoxy) is 1. The van der Waals surface area contributed by atoms with Crippen LogP contribution in [-0.4, -0.2) is 25.5 Å². The lowest BCUT2D eigenvalue weighted by Crippen LogP contribution is -2.37. The van der Waals surface area contributed by atoms with E-state index >= 15 is 0 Å². The van der Waals surface area contributed by atoms with Crippen LogP contribution in [0.1, 0.15) is 5.56 Å². The molecule has 0 fully saturated rings. The molecule has 0 spiro atoms. The van der Waals surface area contributed by atoms with Crippen LogP contribution in [0.15, 0.2) is 12.1 Å². The summed E-state index contributed by atoms with van der Waals surface area (Å²) < 4.78 is 31.3. The zero-order valence-electron chi connectivity index (χ0n) is 9.63. The molecule has 3 N–H and O–H groups in total. The number of hydrogen-bond acceptors (Lipinski definition) is 3. The molecule has 0 aromatic heterocycles. The van der Waals surface area contributed by atoms with Gasteiger partial charge < -0.3 is 15.8 Å². The number of amides is 2. The molecule has 18 heavy (non-hydrogen) atoms. The Kier molecular flexibility index (Phi) is 4.59. The first-order chi connectivity index (χ1) is 8.45. The van der Waals surface area contributed by atoms with Crippen molar-refractivity contribution in [3.63, 3.8) is 0 Å². The fourth-order valence-corrected chi connectivity index (χ4v) is 1.32. The first-order valence-corrected chi connectivity index (χ1v) is 5.05. The van der Waals surface area contributed by atoms with Crippen LogP contribution in [0.2, 0.25) is 0 Å². The smallest absolute Gasteiger partial charge is 0.309 e. The minimum absolute atomic E-state index is 0.0234. The summed E-state index contributed by atoms with van der Waals surface area (Å²) in [5, 5.41) is 2.17. The number of halogens is 2. The molecule has 1 aromatic rings. The Balaban J connectivity index is 2.66. The van der Waals surface area contributed by atoms with Crippen molar-refractivity contribution in [2.24, 2.45) is 5.73 Å². The number of carbonyl (C=O) groups excluding carboxylic acids is 2. The van der Waals surface area contributed by atoms with Gasteiger partial charge in [-0.3, -0.25) is 9.59 Å². The third-order valence-corrected chi connectivity index (χ3v) is 2.22. The van der Waals surface area contributed by atoms with Gasteiger partial charge >= 0.3 is 11.8 Å². The van der Waals surface area contributed by atoms with Crippen molar-refractivity contribution in [1.29, 1.82) is 0 Å². The van der Waals surface area contributed by atoms with Crippen LogP contribution in [0.25, 0.3) is 0 Å². The van der Waals surface area contributed by atoms with Crippen LogP contribution in [0, 0.1) is 11.6 Å². The fourth-order valence-electron chi connectivity index (χ4n) is 1.32. The van der Waals surface area contributed by atoms with E-state index in [-0.39, 0.29) is 24.3 Å². The Morgan fingerprint density at radius 1 is 1.33 bits per heavy atom. The predicted octanol–water partition coefficient (Wildman–Crippen LogP) is 0.117. The Morgan fingerprint density at radius 2 is 2.00 bits per heavy atom. The number of hydrogen-bond donors (Lipinski definition) is 2. The molecule has 0 aliphatic carbocycles. The second kappa shape index (κ2) is 5.95. The average molecular weight is 258 g/mol. The molecule has 0 bridgehead atoms. The highest BCUT2D eigenvalue weighted by Gasteiger charge is 2.11. The van der Waals surface area contributed by atoms with E-state index in [0.29, 0.717) is 0 Å². The molecule has 7 heteroatoms. The SMILES string of the molecule is COc1cc(F)c(CCNC(=O)C(N)=O)cc1F. The van der Waals surface area contributed by atoms with Gasteiger partial charge in [-0.05, 0) is 18.1 Å². The molecular formula is C11H12F2N2O3. The van der Waals surface area contributed by atoms with Crippen LogP contribution < -0.4 is 15.8 Å². The largest absolute Gasteiger partial charge is 0.494 e. The van der Waals surface area contributed by atoms with Crippen LogP contribution in [0.3, 0.4) is 0 Å². The maximum absolute atomic E-state index is 13.4. The van der Waals surface area contributed by atoms with Gasteiger partial charge in [0.1, 0.15) is 5.82 Å². The van der Waals surface area contributed by atoms with E-state index in [4.69, 9.17) is 5.73 Å².